The maximum Gasteiger partial charge on any atom is 0.0645 e. The minimum Gasteiger partial charge on any atom is -0.310 e. The molecule has 1 aromatic heterocycles. The number of hydrogen-bond acceptors (Lipinski definition) is 3. The number of aromatic nitrogens is 2. The minimum atomic E-state index is 0.675. The van der Waals surface area contributed by atoms with Gasteiger partial charge in [-0.1, -0.05) is 25.1 Å². The molecule has 2 aromatic rings. The van der Waals surface area contributed by atoms with E-state index in [0.717, 1.165) is 17.5 Å². The summed E-state index contributed by atoms with van der Waals surface area (Å²) in [5.41, 5.74) is 2.37. The Hall–Kier alpha value is -1.26. The lowest BCUT2D eigenvalue weighted by Gasteiger charge is -2.12. The van der Waals surface area contributed by atoms with Crippen LogP contribution in [0.1, 0.15) is 31.7 Å². The highest BCUT2D eigenvalue weighted by Gasteiger charge is 2.23. The van der Waals surface area contributed by atoms with Gasteiger partial charge in [-0.15, -0.1) is 0 Å². The van der Waals surface area contributed by atoms with E-state index in [1.54, 1.807) is 0 Å². The first kappa shape index (κ1) is 14.7. The smallest absolute Gasteiger partial charge is 0.0645 e. The predicted octanol–water partition coefficient (Wildman–Crippen LogP) is 3.64. The molecule has 1 aromatic carbocycles. The molecule has 4 heteroatoms. The van der Waals surface area contributed by atoms with E-state index in [4.69, 9.17) is 0 Å². The average molecular weight is 301 g/mol. The van der Waals surface area contributed by atoms with Gasteiger partial charge in [0.2, 0.25) is 0 Å². The Morgan fingerprint density at radius 1 is 1.29 bits per heavy atom. The van der Waals surface area contributed by atoms with E-state index in [1.165, 1.54) is 30.6 Å². The molecule has 2 atom stereocenters. The van der Waals surface area contributed by atoms with Crippen molar-refractivity contribution < 1.29 is 0 Å². The van der Waals surface area contributed by atoms with Gasteiger partial charge in [0.15, 0.2) is 0 Å². The molecule has 0 spiro atoms. The zero-order chi connectivity index (χ0) is 14.5. The first-order chi connectivity index (χ1) is 10.3. The summed E-state index contributed by atoms with van der Waals surface area (Å²) in [6.45, 7) is 3.17. The quantitative estimate of drug-likeness (QED) is 0.883. The zero-order valence-corrected chi connectivity index (χ0v) is 13.4. The zero-order valence-electron chi connectivity index (χ0n) is 12.5. The molecule has 1 aliphatic carbocycles. The van der Waals surface area contributed by atoms with Crippen LogP contribution in [-0.4, -0.2) is 26.8 Å². The first-order valence-electron chi connectivity index (χ1n) is 7.79. The van der Waals surface area contributed by atoms with Crippen molar-refractivity contribution in [1.82, 2.24) is 15.1 Å². The van der Waals surface area contributed by atoms with Crippen LogP contribution in [0.5, 0.6) is 0 Å². The summed E-state index contributed by atoms with van der Waals surface area (Å²) in [7, 11) is 0. The predicted molar refractivity (Wildman–Crippen MR) is 90.0 cm³/mol. The van der Waals surface area contributed by atoms with Crippen LogP contribution in [0.25, 0.3) is 5.69 Å². The van der Waals surface area contributed by atoms with E-state index in [0.29, 0.717) is 6.04 Å². The Balaban J connectivity index is 1.52. The second-order valence-corrected chi connectivity index (χ2v) is 7.17. The molecule has 1 saturated carbocycles. The highest BCUT2D eigenvalue weighted by molar-refractivity contribution is 7.99. The van der Waals surface area contributed by atoms with Crippen molar-refractivity contribution >= 4 is 11.8 Å². The van der Waals surface area contributed by atoms with E-state index >= 15 is 0 Å². The maximum absolute atomic E-state index is 4.45. The van der Waals surface area contributed by atoms with Crippen LogP contribution < -0.4 is 5.32 Å². The normalized spacial score (nSPS) is 21.8. The highest BCUT2D eigenvalue weighted by Crippen LogP contribution is 2.29. The molecular formula is C17H23N3S. The Morgan fingerprint density at radius 2 is 2.14 bits per heavy atom. The monoisotopic (exact) mass is 301 g/mol. The Bertz CT molecular complexity index is 552. The molecule has 0 radical (unpaired) electrons. The average Bonchev–Trinajstić information content (AvgIpc) is 3.16. The van der Waals surface area contributed by atoms with Gasteiger partial charge < -0.3 is 5.32 Å². The molecule has 1 aliphatic rings. The Morgan fingerprint density at radius 3 is 2.95 bits per heavy atom. The summed E-state index contributed by atoms with van der Waals surface area (Å²) in [6.07, 6.45) is 8.07. The standard InChI is InChI=1S/C17H23N3S/c1-2-21-17-9-8-15(10-17)18-11-14-12-19-20(13-14)16-6-4-3-5-7-16/h3-7,12-13,15,17-18H,2,8-11H2,1H3. The van der Waals surface area contributed by atoms with Gasteiger partial charge in [0.25, 0.3) is 0 Å². The molecule has 2 unspecified atom stereocenters. The second kappa shape index (κ2) is 7.14. The van der Waals surface area contributed by atoms with Gasteiger partial charge in [-0.05, 0) is 37.1 Å². The fourth-order valence-electron chi connectivity index (χ4n) is 2.95. The van der Waals surface area contributed by atoms with Crippen molar-refractivity contribution in [2.45, 2.75) is 44.0 Å². The molecule has 21 heavy (non-hydrogen) atoms. The number of benzene rings is 1. The van der Waals surface area contributed by atoms with Crippen molar-refractivity contribution in [3.8, 4) is 5.69 Å². The van der Waals surface area contributed by atoms with Crippen molar-refractivity contribution in [3.63, 3.8) is 0 Å². The second-order valence-electron chi connectivity index (χ2n) is 5.60. The van der Waals surface area contributed by atoms with E-state index in [1.807, 2.05) is 29.1 Å². The molecule has 1 heterocycles. The number of nitrogens with one attached hydrogen (secondary N) is 1. The van der Waals surface area contributed by atoms with Gasteiger partial charge in [0.1, 0.15) is 0 Å². The van der Waals surface area contributed by atoms with Gasteiger partial charge in [0, 0.05) is 29.6 Å². The van der Waals surface area contributed by atoms with E-state index in [9.17, 15) is 0 Å². The third-order valence-corrected chi connectivity index (χ3v) is 5.27. The SMILES string of the molecule is CCSC1CCC(NCc2cnn(-c3ccccc3)c2)C1. The number of nitrogens with zero attached hydrogens (tertiary/aromatic N) is 2. The lowest BCUT2D eigenvalue weighted by molar-refractivity contribution is 0.525. The van der Waals surface area contributed by atoms with Crippen LogP contribution in [0.4, 0.5) is 0 Å². The number of rotatable bonds is 6. The molecule has 1 N–H and O–H groups in total. The molecule has 3 nitrogen and oxygen atoms in total. The molecule has 1 fully saturated rings. The summed E-state index contributed by atoms with van der Waals surface area (Å²) in [6, 6.07) is 10.9. The molecule has 0 saturated heterocycles. The molecule has 112 valence electrons. The third kappa shape index (κ3) is 3.89. The Kier molecular flexibility index (Phi) is 4.99. The largest absolute Gasteiger partial charge is 0.310 e. The maximum atomic E-state index is 4.45. The van der Waals surface area contributed by atoms with Crippen LogP contribution in [0.15, 0.2) is 42.7 Å². The molecule has 0 aliphatic heterocycles. The lowest BCUT2D eigenvalue weighted by atomic mass is 10.2. The molecule has 3 rings (SSSR count). The van der Waals surface area contributed by atoms with Gasteiger partial charge in [-0.2, -0.15) is 16.9 Å². The number of para-hydroxylation sites is 1. The van der Waals surface area contributed by atoms with Crippen molar-refractivity contribution in [1.29, 1.82) is 0 Å². The fraction of sp³-hybridized carbons (Fsp3) is 0.471. The van der Waals surface area contributed by atoms with E-state index in [-0.39, 0.29) is 0 Å². The van der Waals surface area contributed by atoms with Crippen LogP contribution in [0.3, 0.4) is 0 Å². The summed E-state index contributed by atoms with van der Waals surface area (Å²) < 4.78 is 1.95. The van der Waals surface area contributed by atoms with Gasteiger partial charge in [-0.3, -0.25) is 0 Å². The van der Waals surface area contributed by atoms with Gasteiger partial charge in [0.05, 0.1) is 11.9 Å². The fourth-order valence-corrected chi connectivity index (χ4v) is 4.09. The molecule has 0 bridgehead atoms. The van der Waals surface area contributed by atoms with Gasteiger partial charge in [-0.25, -0.2) is 4.68 Å². The lowest BCUT2D eigenvalue weighted by Crippen LogP contribution is -2.25. The highest BCUT2D eigenvalue weighted by atomic mass is 32.2. The Labute approximate surface area is 131 Å². The molecular weight excluding hydrogens is 278 g/mol. The summed E-state index contributed by atoms with van der Waals surface area (Å²) in [5.74, 6) is 1.24. The first-order valence-corrected chi connectivity index (χ1v) is 8.84. The van der Waals surface area contributed by atoms with Crippen molar-refractivity contribution in [2.24, 2.45) is 0 Å². The topological polar surface area (TPSA) is 29.9 Å². The minimum absolute atomic E-state index is 0.675. The summed E-state index contributed by atoms with van der Waals surface area (Å²) in [4.78, 5) is 0. The van der Waals surface area contributed by atoms with Crippen LogP contribution >= 0.6 is 11.8 Å². The summed E-state index contributed by atoms with van der Waals surface area (Å²) >= 11 is 2.11. The number of hydrogen-bond donors (Lipinski definition) is 1. The van der Waals surface area contributed by atoms with Crippen molar-refractivity contribution in [2.75, 3.05) is 5.75 Å². The van der Waals surface area contributed by atoms with E-state index < -0.39 is 0 Å². The van der Waals surface area contributed by atoms with Crippen LogP contribution in [0, 0.1) is 0 Å². The van der Waals surface area contributed by atoms with E-state index in [2.05, 4.69) is 47.4 Å². The number of thioether (sulfide) groups is 1. The van der Waals surface area contributed by atoms with Gasteiger partial charge >= 0.3 is 0 Å². The summed E-state index contributed by atoms with van der Waals surface area (Å²) in [5, 5.41) is 8.99. The van der Waals surface area contributed by atoms with Crippen LogP contribution in [0.2, 0.25) is 0 Å². The van der Waals surface area contributed by atoms with Crippen molar-refractivity contribution in [3.05, 3.63) is 48.3 Å². The van der Waals surface area contributed by atoms with Crippen LogP contribution in [-0.2, 0) is 6.54 Å². The molecule has 0 amide bonds. The third-order valence-electron chi connectivity index (χ3n) is 4.04.